The molecule has 7 heteroatoms. The van der Waals surface area contributed by atoms with Crippen LogP contribution in [0.15, 0.2) is 76.9 Å². The first kappa shape index (κ1) is 23.0. The van der Waals surface area contributed by atoms with E-state index < -0.39 is 0 Å². The first-order valence-corrected chi connectivity index (χ1v) is 12.7. The van der Waals surface area contributed by atoms with Crippen molar-refractivity contribution in [2.75, 3.05) is 37.6 Å². The number of fused-ring (bicyclic) bond motifs is 1. The SMILES string of the molecule is N#Cc1ccc2[nH]cc(CCCN3CCN(c4ccc(Sc5ncccc5C#N)cc4)CC3)c2c1. The maximum Gasteiger partial charge on any atom is 0.119 e. The first-order valence-electron chi connectivity index (χ1n) is 11.8. The number of hydrogen-bond donors (Lipinski definition) is 1. The molecule has 1 fully saturated rings. The van der Waals surface area contributed by atoms with Crippen LogP contribution in [0.5, 0.6) is 0 Å². The summed E-state index contributed by atoms with van der Waals surface area (Å²) in [5.41, 5.74) is 4.95. The lowest BCUT2D eigenvalue weighted by Gasteiger charge is -2.36. The van der Waals surface area contributed by atoms with Crippen molar-refractivity contribution in [3.05, 3.63) is 83.7 Å². The molecule has 6 nitrogen and oxygen atoms in total. The second kappa shape index (κ2) is 10.7. The Morgan fingerprint density at radius 3 is 2.57 bits per heavy atom. The van der Waals surface area contributed by atoms with Gasteiger partial charge in [0, 0.05) is 60.1 Å². The summed E-state index contributed by atoms with van der Waals surface area (Å²) >= 11 is 1.53. The minimum absolute atomic E-state index is 0.606. The van der Waals surface area contributed by atoms with Crippen molar-refractivity contribution in [1.29, 1.82) is 10.5 Å². The summed E-state index contributed by atoms with van der Waals surface area (Å²) in [7, 11) is 0. The highest BCUT2D eigenvalue weighted by Crippen LogP contribution is 2.30. The van der Waals surface area contributed by atoms with Gasteiger partial charge in [-0.05, 0) is 79.5 Å². The number of nitrogens with one attached hydrogen (secondary N) is 1. The van der Waals surface area contributed by atoms with Gasteiger partial charge in [-0.15, -0.1) is 0 Å². The van der Waals surface area contributed by atoms with Gasteiger partial charge >= 0.3 is 0 Å². The standard InChI is InChI=1S/C28H26N6S/c29-18-21-5-10-27-26(17-21)23(20-32-27)4-2-12-33-13-15-34(16-14-33)24-6-8-25(9-7-24)35-28-22(19-30)3-1-11-31-28/h1,3,5-11,17,20,32H,2,4,12-16H2. The van der Waals surface area contributed by atoms with Crippen molar-refractivity contribution in [3.63, 3.8) is 0 Å². The molecule has 5 rings (SSSR count). The van der Waals surface area contributed by atoms with Gasteiger partial charge < -0.3 is 9.88 Å². The van der Waals surface area contributed by atoms with Crippen molar-refractivity contribution in [2.24, 2.45) is 0 Å². The first-order chi connectivity index (χ1) is 17.2. The molecule has 0 atom stereocenters. The van der Waals surface area contributed by atoms with Gasteiger partial charge in [0.15, 0.2) is 0 Å². The van der Waals surface area contributed by atoms with Gasteiger partial charge in [0.2, 0.25) is 0 Å². The third-order valence-electron chi connectivity index (χ3n) is 6.50. The number of pyridine rings is 1. The summed E-state index contributed by atoms with van der Waals surface area (Å²) in [6.45, 7) is 5.23. The number of anilines is 1. The van der Waals surface area contributed by atoms with E-state index in [0.717, 1.165) is 61.0 Å². The highest BCUT2D eigenvalue weighted by molar-refractivity contribution is 7.99. The van der Waals surface area contributed by atoms with Crippen molar-refractivity contribution in [1.82, 2.24) is 14.9 Å². The number of hydrogen-bond acceptors (Lipinski definition) is 6. The third kappa shape index (κ3) is 5.33. The molecule has 2 aromatic heterocycles. The summed E-state index contributed by atoms with van der Waals surface area (Å²) in [5.74, 6) is 0. The summed E-state index contributed by atoms with van der Waals surface area (Å²) in [6, 6.07) is 22.4. The van der Waals surface area contributed by atoms with Gasteiger partial charge in [0.05, 0.1) is 17.2 Å². The van der Waals surface area contributed by atoms with Gasteiger partial charge in [-0.3, -0.25) is 4.90 Å². The van der Waals surface area contributed by atoms with Crippen LogP contribution in [0.3, 0.4) is 0 Å². The zero-order chi connectivity index (χ0) is 24.0. The fourth-order valence-corrected chi connectivity index (χ4v) is 5.40. The second-order valence-corrected chi connectivity index (χ2v) is 9.74. The monoisotopic (exact) mass is 478 g/mol. The maximum atomic E-state index is 9.27. The van der Waals surface area contributed by atoms with E-state index in [0.29, 0.717) is 11.1 Å². The van der Waals surface area contributed by atoms with Gasteiger partial charge in [0.25, 0.3) is 0 Å². The smallest absolute Gasteiger partial charge is 0.119 e. The number of benzene rings is 2. The van der Waals surface area contributed by atoms with Gasteiger partial charge in [-0.2, -0.15) is 10.5 Å². The quantitative estimate of drug-likeness (QED) is 0.393. The Labute approximate surface area is 209 Å². The molecule has 174 valence electrons. The van der Waals surface area contributed by atoms with E-state index in [1.807, 2.05) is 18.2 Å². The highest BCUT2D eigenvalue weighted by Gasteiger charge is 2.17. The minimum Gasteiger partial charge on any atom is -0.369 e. The van der Waals surface area contributed by atoms with E-state index in [-0.39, 0.29) is 0 Å². The van der Waals surface area contributed by atoms with Crippen LogP contribution in [0.1, 0.15) is 23.1 Å². The Kier molecular flexibility index (Phi) is 6.99. The second-order valence-electron chi connectivity index (χ2n) is 8.68. The lowest BCUT2D eigenvalue weighted by atomic mass is 10.1. The number of nitriles is 2. The maximum absolute atomic E-state index is 9.27. The third-order valence-corrected chi connectivity index (χ3v) is 7.52. The summed E-state index contributed by atoms with van der Waals surface area (Å²) < 4.78 is 0. The summed E-state index contributed by atoms with van der Waals surface area (Å²) in [6.07, 6.45) is 5.93. The van der Waals surface area contributed by atoms with E-state index in [1.165, 1.54) is 28.4 Å². The Balaban J connectivity index is 1.11. The molecular formula is C28H26N6S. The van der Waals surface area contributed by atoms with Crippen LogP contribution in [0.25, 0.3) is 10.9 Å². The van der Waals surface area contributed by atoms with Crippen LogP contribution in [0.4, 0.5) is 5.69 Å². The largest absolute Gasteiger partial charge is 0.369 e. The summed E-state index contributed by atoms with van der Waals surface area (Å²) in [4.78, 5) is 13.7. The van der Waals surface area contributed by atoms with Crippen molar-refractivity contribution >= 4 is 28.4 Å². The van der Waals surface area contributed by atoms with E-state index in [2.05, 4.69) is 62.4 Å². The molecule has 0 radical (unpaired) electrons. The molecule has 3 heterocycles. The fourth-order valence-electron chi connectivity index (χ4n) is 4.57. The van der Waals surface area contributed by atoms with Crippen LogP contribution >= 0.6 is 11.8 Å². The Bertz CT molecular complexity index is 1390. The molecule has 0 aliphatic carbocycles. The Morgan fingerprint density at radius 1 is 0.971 bits per heavy atom. The number of aromatic nitrogens is 2. The topological polar surface area (TPSA) is 82.7 Å². The van der Waals surface area contributed by atoms with E-state index in [1.54, 1.807) is 18.3 Å². The lowest BCUT2D eigenvalue weighted by molar-refractivity contribution is 0.255. The molecule has 4 aromatic rings. The number of nitrogens with zero attached hydrogens (tertiary/aromatic N) is 5. The molecule has 0 unspecified atom stereocenters. The minimum atomic E-state index is 0.606. The van der Waals surface area contributed by atoms with E-state index >= 15 is 0 Å². The van der Waals surface area contributed by atoms with Gasteiger partial charge in [-0.1, -0.05) is 11.8 Å². The number of aryl methyl sites for hydroxylation is 1. The molecule has 35 heavy (non-hydrogen) atoms. The predicted molar refractivity (Wildman–Crippen MR) is 140 cm³/mol. The molecule has 0 amide bonds. The molecule has 1 saturated heterocycles. The highest BCUT2D eigenvalue weighted by atomic mass is 32.2. The number of H-pyrrole nitrogens is 1. The average Bonchev–Trinajstić information content (AvgIpc) is 3.32. The number of aromatic amines is 1. The normalized spacial score (nSPS) is 14.1. The zero-order valence-electron chi connectivity index (χ0n) is 19.4. The molecule has 0 saturated carbocycles. The van der Waals surface area contributed by atoms with Crippen LogP contribution < -0.4 is 4.90 Å². The van der Waals surface area contributed by atoms with Gasteiger partial charge in [-0.25, -0.2) is 4.98 Å². The zero-order valence-corrected chi connectivity index (χ0v) is 20.3. The van der Waals surface area contributed by atoms with Gasteiger partial charge in [0.1, 0.15) is 11.1 Å². The number of piperazine rings is 1. The lowest BCUT2D eigenvalue weighted by Crippen LogP contribution is -2.46. The van der Waals surface area contributed by atoms with Crippen molar-refractivity contribution in [3.8, 4) is 12.1 Å². The van der Waals surface area contributed by atoms with Crippen LogP contribution in [0.2, 0.25) is 0 Å². The predicted octanol–water partition coefficient (Wildman–Crippen LogP) is 5.21. The number of rotatable bonds is 7. The fraction of sp³-hybridized carbons (Fsp3) is 0.250. The Hall–Kier alpha value is -3.78. The Morgan fingerprint density at radius 2 is 1.80 bits per heavy atom. The average molecular weight is 479 g/mol. The van der Waals surface area contributed by atoms with Crippen LogP contribution in [-0.2, 0) is 6.42 Å². The van der Waals surface area contributed by atoms with Crippen molar-refractivity contribution in [2.45, 2.75) is 22.8 Å². The molecule has 2 aromatic carbocycles. The van der Waals surface area contributed by atoms with Crippen LogP contribution in [0, 0.1) is 22.7 Å². The molecular weight excluding hydrogens is 452 g/mol. The van der Waals surface area contributed by atoms with Crippen LogP contribution in [-0.4, -0.2) is 47.6 Å². The molecule has 0 spiro atoms. The van der Waals surface area contributed by atoms with E-state index in [9.17, 15) is 10.5 Å². The molecule has 1 aliphatic heterocycles. The molecule has 1 aliphatic rings. The summed E-state index contributed by atoms with van der Waals surface area (Å²) in [5, 5.41) is 20.4. The van der Waals surface area contributed by atoms with Crippen molar-refractivity contribution < 1.29 is 0 Å². The molecule has 0 bridgehead atoms. The van der Waals surface area contributed by atoms with E-state index in [4.69, 9.17) is 0 Å². The molecule has 1 N–H and O–H groups in total.